The number of aromatic nitrogens is 1. The Bertz CT molecular complexity index is 1000. The molecule has 0 atom stereocenters. The first-order valence-corrected chi connectivity index (χ1v) is 10.1. The molecule has 4 rings (SSSR count). The lowest BCUT2D eigenvalue weighted by atomic mass is 10.1. The van der Waals surface area contributed by atoms with Crippen molar-refractivity contribution in [1.29, 1.82) is 0 Å². The molecule has 0 saturated carbocycles. The Balaban J connectivity index is 1.32. The van der Waals surface area contributed by atoms with Crippen LogP contribution in [-0.4, -0.2) is 66.0 Å². The quantitative estimate of drug-likeness (QED) is 0.530. The molecule has 2 amide bonds. The highest BCUT2D eigenvalue weighted by Crippen LogP contribution is 2.33. The third kappa shape index (κ3) is 4.42. The molecule has 10 nitrogen and oxygen atoms in total. The van der Waals surface area contributed by atoms with Crippen molar-refractivity contribution in [3.8, 4) is 5.75 Å². The number of fused-ring (bicyclic) bond motifs is 1. The molecular weight excluding hydrogens is 402 g/mol. The topological polar surface area (TPSA) is 109 Å². The predicted octanol–water partition coefficient (Wildman–Crippen LogP) is 1.76. The third-order valence-electron chi connectivity index (χ3n) is 5.51. The van der Waals surface area contributed by atoms with E-state index in [9.17, 15) is 19.7 Å². The van der Waals surface area contributed by atoms with Gasteiger partial charge in [-0.05, 0) is 30.7 Å². The summed E-state index contributed by atoms with van der Waals surface area (Å²) in [6, 6.07) is 8.72. The van der Waals surface area contributed by atoms with Gasteiger partial charge in [0.1, 0.15) is 17.8 Å². The molecule has 10 heteroatoms. The minimum Gasteiger partial charge on any atom is -0.482 e. The molecule has 2 aliphatic rings. The van der Waals surface area contributed by atoms with Gasteiger partial charge in [-0.25, -0.2) is 4.98 Å². The van der Waals surface area contributed by atoms with Gasteiger partial charge in [0.15, 0.2) is 6.61 Å². The fourth-order valence-corrected chi connectivity index (χ4v) is 3.78. The summed E-state index contributed by atoms with van der Waals surface area (Å²) in [6.45, 7) is 4.48. The first-order valence-electron chi connectivity index (χ1n) is 10.1. The van der Waals surface area contributed by atoms with E-state index in [0.29, 0.717) is 50.0 Å². The van der Waals surface area contributed by atoms with E-state index in [-0.39, 0.29) is 30.5 Å². The van der Waals surface area contributed by atoms with Crippen molar-refractivity contribution in [2.75, 3.05) is 49.1 Å². The van der Waals surface area contributed by atoms with Crippen molar-refractivity contribution in [3.05, 3.63) is 52.2 Å². The molecule has 1 aromatic carbocycles. The van der Waals surface area contributed by atoms with Crippen LogP contribution < -0.4 is 14.5 Å². The van der Waals surface area contributed by atoms with Gasteiger partial charge in [0.2, 0.25) is 5.91 Å². The van der Waals surface area contributed by atoms with E-state index < -0.39 is 4.92 Å². The SMILES string of the molecule is Cc1ccc2c(c1)N(CCC(=O)N1CCN(c3ccc([N+](=O)[O-])cn3)CC1)C(=O)CO2. The number of hydrogen-bond acceptors (Lipinski definition) is 7. The van der Waals surface area contributed by atoms with Crippen LogP contribution in [0.5, 0.6) is 5.75 Å². The average Bonchev–Trinajstić information content (AvgIpc) is 2.78. The zero-order valence-electron chi connectivity index (χ0n) is 17.2. The molecule has 1 aromatic heterocycles. The molecule has 162 valence electrons. The molecule has 1 saturated heterocycles. The van der Waals surface area contributed by atoms with Crippen LogP contribution >= 0.6 is 0 Å². The van der Waals surface area contributed by atoms with Crippen LogP contribution in [0.3, 0.4) is 0 Å². The molecule has 0 unspecified atom stereocenters. The number of nitro groups is 1. The largest absolute Gasteiger partial charge is 0.482 e. The van der Waals surface area contributed by atoms with E-state index in [4.69, 9.17) is 4.74 Å². The fourth-order valence-electron chi connectivity index (χ4n) is 3.78. The summed E-state index contributed by atoms with van der Waals surface area (Å²) in [5.41, 5.74) is 1.68. The summed E-state index contributed by atoms with van der Waals surface area (Å²) in [5, 5.41) is 10.8. The number of hydrogen-bond donors (Lipinski definition) is 0. The van der Waals surface area contributed by atoms with Crippen LogP contribution in [0, 0.1) is 17.0 Å². The summed E-state index contributed by atoms with van der Waals surface area (Å²) in [6.07, 6.45) is 1.47. The van der Waals surface area contributed by atoms with E-state index >= 15 is 0 Å². The number of pyridine rings is 1. The maximum atomic E-state index is 12.7. The molecule has 0 bridgehead atoms. The number of anilines is 2. The van der Waals surface area contributed by atoms with Crippen LogP contribution in [0.1, 0.15) is 12.0 Å². The summed E-state index contributed by atoms with van der Waals surface area (Å²) < 4.78 is 5.48. The molecule has 2 aliphatic heterocycles. The number of amides is 2. The zero-order chi connectivity index (χ0) is 22.0. The number of ether oxygens (including phenoxy) is 1. The lowest BCUT2D eigenvalue weighted by Gasteiger charge is -2.36. The smallest absolute Gasteiger partial charge is 0.287 e. The number of benzene rings is 1. The monoisotopic (exact) mass is 425 g/mol. The molecule has 31 heavy (non-hydrogen) atoms. The maximum absolute atomic E-state index is 12.7. The van der Waals surface area contributed by atoms with Gasteiger partial charge in [0, 0.05) is 45.2 Å². The summed E-state index contributed by atoms with van der Waals surface area (Å²) in [5.74, 6) is 1.15. The summed E-state index contributed by atoms with van der Waals surface area (Å²) in [7, 11) is 0. The highest BCUT2D eigenvalue weighted by Gasteiger charge is 2.28. The Morgan fingerprint density at radius 3 is 2.65 bits per heavy atom. The normalized spacial score (nSPS) is 16.0. The molecule has 1 fully saturated rings. The molecule has 0 aliphatic carbocycles. The van der Waals surface area contributed by atoms with Crippen molar-refractivity contribution in [1.82, 2.24) is 9.88 Å². The molecule has 0 N–H and O–H groups in total. The van der Waals surface area contributed by atoms with Crippen LogP contribution in [0.25, 0.3) is 0 Å². The Labute approximate surface area is 179 Å². The Morgan fingerprint density at radius 1 is 1.19 bits per heavy atom. The van der Waals surface area contributed by atoms with Gasteiger partial charge >= 0.3 is 0 Å². The number of carbonyl (C=O) groups excluding carboxylic acids is 2. The van der Waals surface area contributed by atoms with Crippen molar-refractivity contribution in [2.24, 2.45) is 0 Å². The van der Waals surface area contributed by atoms with Crippen LogP contribution in [0.2, 0.25) is 0 Å². The Kier molecular flexibility index (Phi) is 5.70. The van der Waals surface area contributed by atoms with Gasteiger partial charge in [-0.2, -0.15) is 0 Å². The second kappa shape index (κ2) is 8.58. The third-order valence-corrected chi connectivity index (χ3v) is 5.51. The molecular formula is C21H23N5O5. The van der Waals surface area contributed by atoms with Gasteiger partial charge in [0.25, 0.3) is 11.6 Å². The van der Waals surface area contributed by atoms with E-state index in [2.05, 4.69) is 4.98 Å². The van der Waals surface area contributed by atoms with Crippen molar-refractivity contribution >= 4 is 29.0 Å². The van der Waals surface area contributed by atoms with Crippen molar-refractivity contribution in [3.63, 3.8) is 0 Å². The Morgan fingerprint density at radius 2 is 1.97 bits per heavy atom. The number of aryl methyl sites for hydroxylation is 1. The maximum Gasteiger partial charge on any atom is 0.287 e. The number of nitrogens with zero attached hydrogens (tertiary/aromatic N) is 5. The van der Waals surface area contributed by atoms with Crippen molar-refractivity contribution < 1.29 is 19.2 Å². The lowest BCUT2D eigenvalue weighted by Crippen LogP contribution is -2.50. The second-order valence-electron chi connectivity index (χ2n) is 7.55. The molecule has 0 spiro atoms. The number of piperazine rings is 1. The number of carbonyl (C=O) groups is 2. The van der Waals surface area contributed by atoms with E-state index in [1.54, 1.807) is 15.9 Å². The van der Waals surface area contributed by atoms with Gasteiger partial charge in [-0.3, -0.25) is 19.7 Å². The lowest BCUT2D eigenvalue weighted by molar-refractivity contribution is -0.385. The Hall–Kier alpha value is -3.69. The van der Waals surface area contributed by atoms with Crippen LogP contribution in [-0.2, 0) is 9.59 Å². The van der Waals surface area contributed by atoms with Gasteiger partial charge < -0.3 is 19.4 Å². The van der Waals surface area contributed by atoms with Gasteiger partial charge in [-0.15, -0.1) is 0 Å². The minimum atomic E-state index is -0.480. The zero-order valence-corrected chi connectivity index (χ0v) is 17.2. The van der Waals surface area contributed by atoms with Gasteiger partial charge in [-0.1, -0.05) is 6.07 Å². The van der Waals surface area contributed by atoms with Crippen LogP contribution in [0.4, 0.5) is 17.2 Å². The van der Waals surface area contributed by atoms with Crippen LogP contribution in [0.15, 0.2) is 36.5 Å². The first-order chi connectivity index (χ1) is 14.9. The highest BCUT2D eigenvalue weighted by atomic mass is 16.6. The van der Waals surface area contributed by atoms with Crippen molar-refractivity contribution in [2.45, 2.75) is 13.3 Å². The second-order valence-corrected chi connectivity index (χ2v) is 7.55. The molecule has 3 heterocycles. The molecule has 0 radical (unpaired) electrons. The first kappa shape index (κ1) is 20.6. The highest BCUT2D eigenvalue weighted by molar-refractivity contribution is 5.98. The minimum absolute atomic E-state index is 0.00944. The summed E-state index contributed by atoms with van der Waals surface area (Å²) in [4.78, 5) is 44.9. The van der Waals surface area contributed by atoms with E-state index in [1.165, 1.54) is 12.3 Å². The predicted molar refractivity (Wildman–Crippen MR) is 113 cm³/mol. The van der Waals surface area contributed by atoms with E-state index in [1.807, 2.05) is 30.0 Å². The standard InChI is InChI=1S/C21H23N5O5/c1-15-2-4-18-17(12-15)25(21(28)14-31-18)7-6-20(27)24-10-8-23(9-11-24)19-5-3-16(13-22-19)26(29)30/h2-5,12-13H,6-11,14H2,1H3. The average molecular weight is 425 g/mol. The number of rotatable bonds is 5. The van der Waals surface area contributed by atoms with E-state index in [0.717, 1.165) is 5.56 Å². The molecule has 2 aromatic rings. The fraction of sp³-hybridized carbons (Fsp3) is 0.381. The summed E-state index contributed by atoms with van der Waals surface area (Å²) >= 11 is 0. The van der Waals surface area contributed by atoms with Gasteiger partial charge in [0.05, 0.1) is 10.6 Å².